The Morgan fingerprint density at radius 3 is 3.07 bits per heavy atom. The molecule has 0 aliphatic heterocycles. The van der Waals surface area contributed by atoms with Crippen molar-refractivity contribution in [1.29, 1.82) is 0 Å². The van der Waals surface area contributed by atoms with Gasteiger partial charge in [0.15, 0.2) is 0 Å². The molecule has 0 radical (unpaired) electrons. The van der Waals surface area contributed by atoms with Gasteiger partial charge in [-0.05, 0) is 6.92 Å². The van der Waals surface area contributed by atoms with Crippen molar-refractivity contribution in [2.75, 3.05) is 24.7 Å². The number of esters is 1. The van der Waals surface area contributed by atoms with Crippen molar-refractivity contribution in [3.8, 4) is 0 Å². The van der Waals surface area contributed by atoms with Crippen LogP contribution in [0.25, 0.3) is 0 Å². The van der Waals surface area contributed by atoms with E-state index in [1.807, 2.05) is 6.92 Å². The van der Waals surface area contributed by atoms with Crippen LogP contribution in [0.2, 0.25) is 0 Å². The van der Waals surface area contributed by atoms with Crippen LogP contribution in [0, 0.1) is 6.92 Å². The normalized spacial score (nSPS) is 9.73. The summed E-state index contributed by atoms with van der Waals surface area (Å²) in [5.41, 5.74) is 6.31. The maximum Gasteiger partial charge on any atom is 0.307 e. The molecule has 15 heavy (non-hydrogen) atoms. The van der Waals surface area contributed by atoms with Gasteiger partial charge in [-0.3, -0.25) is 4.79 Å². The first-order valence-electron chi connectivity index (χ1n) is 4.53. The number of aromatic nitrogens is 2. The summed E-state index contributed by atoms with van der Waals surface area (Å²) in [6.45, 7) is 2.32. The summed E-state index contributed by atoms with van der Waals surface area (Å²) in [6, 6.07) is 0. The standard InChI is InChI=1S/C9H14N4O2/c1-6-5-12-9(10)13-8(6)11-4-3-7(14)15-2/h5H,3-4H2,1-2H3,(H3,10,11,12,13). The summed E-state index contributed by atoms with van der Waals surface area (Å²) in [5.74, 6) is 0.592. The quantitative estimate of drug-likeness (QED) is 0.696. The van der Waals surface area contributed by atoms with E-state index in [0.29, 0.717) is 18.8 Å². The van der Waals surface area contributed by atoms with Gasteiger partial charge in [0.1, 0.15) is 5.82 Å². The predicted octanol–water partition coefficient (Wildman–Crippen LogP) is 0.342. The van der Waals surface area contributed by atoms with Gasteiger partial charge in [0.2, 0.25) is 5.95 Å². The number of rotatable bonds is 4. The van der Waals surface area contributed by atoms with E-state index in [2.05, 4.69) is 20.0 Å². The Labute approximate surface area is 87.9 Å². The number of methoxy groups -OCH3 is 1. The first kappa shape index (κ1) is 11.2. The molecule has 0 aliphatic carbocycles. The zero-order chi connectivity index (χ0) is 11.3. The van der Waals surface area contributed by atoms with Crippen molar-refractivity contribution in [2.24, 2.45) is 0 Å². The number of carbonyl (C=O) groups is 1. The fourth-order valence-corrected chi connectivity index (χ4v) is 1.02. The SMILES string of the molecule is COC(=O)CCNc1nc(N)ncc1C. The van der Waals surface area contributed by atoms with Crippen LogP contribution in [-0.4, -0.2) is 29.6 Å². The van der Waals surface area contributed by atoms with Crippen molar-refractivity contribution < 1.29 is 9.53 Å². The summed E-state index contributed by atoms with van der Waals surface area (Å²) in [4.78, 5) is 18.7. The van der Waals surface area contributed by atoms with Crippen molar-refractivity contribution in [1.82, 2.24) is 9.97 Å². The molecule has 1 heterocycles. The zero-order valence-corrected chi connectivity index (χ0v) is 8.78. The minimum atomic E-state index is -0.262. The van der Waals surface area contributed by atoms with E-state index in [1.54, 1.807) is 6.20 Å². The molecule has 0 saturated carbocycles. The molecule has 0 bridgehead atoms. The molecule has 6 nitrogen and oxygen atoms in total. The topological polar surface area (TPSA) is 90.1 Å². The van der Waals surface area contributed by atoms with Crippen LogP contribution >= 0.6 is 0 Å². The van der Waals surface area contributed by atoms with Crippen LogP contribution in [0.5, 0.6) is 0 Å². The molecule has 3 N–H and O–H groups in total. The number of nitrogens with one attached hydrogen (secondary N) is 1. The Bertz CT molecular complexity index is 354. The van der Waals surface area contributed by atoms with Crippen LogP contribution < -0.4 is 11.1 Å². The first-order chi connectivity index (χ1) is 7.13. The van der Waals surface area contributed by atoms with Crippen LogP contribution in [0.1, 0.15) is 12.0 Å². The Balaban J connectivity index is 2.50. The molecule has 82 valence electrons. The highest BCUT2D eigenvalue weighted by atomic mass is 16.5. The van der Waals surface area contributed by atoms with Gasteiger partial charge < -0.3 is 15.8 Å². The van der Waals surface area contributed by atoms with Gasteiger partial charge in [0, 0.05) is 18.3 Å². The van der Waals surface area contributed by atoms with Gasteiger partial charge in [-0.25, -0.2) is 4.98 Å². The molecule has 0 amide bonds. The molecular weight excluding hydrogens is 196 g/mol. The smallest absolute Gasteiger partial charge is 0.307 e. The maximum absolute atomic E-state index is 10.8. The molecule has 0 unspecified atom stereocenters. The number of hydrogen-bond donors (Lipinski definition) is 2. The highest BCUT2D eigenvalue weighted by molar-refractivity contribution is 5.69. The molecule has 0 spiro atoms. The second kappa shape index (κ2) is 5.14. The highest BCUT2D eigenvalue weighted by Gasteiger charge is 2.03. The Morgan fingerprint density at radius 1 is 1.67 bits per heavy atom. The van der Waals surface area contributed by atoms with Gasteiger partial charge in [0.05, 0.1) is 13.5 Å². The molecule has 6 heteroatoms. The molecule has 1 aromatic heterocycles. The summed E-state index contributed by atoms with van der Waals surface area (Å²) in [5, 5.41) is 2.99. The molecule has 0 saturated heterocycles. The van der Waals surface area contributed by atoms with Crippen molar-refractivity contribution in [3.63, 3.8) is 0 Å². The number of nitrogens with zero attached hydrogens (tertiary/aromatic N) is 2. The van der Waals surface area contributed by atoms with Crippen molar-refractivity contribution in [2.45, 2.75) is 13.3 Å². The second-order valence-corrected chi connectivity index (χ2v) is 3.01. The third kappa shape index (κ3) is 3.41. The number of carbonyl (C=O) groups excluding carboxylic acids is 1. The molecule has 1 aromatic rings. The van der Waals surface area contributed by atoms with E-state index in [4.69, 9.17) is 5.73 Å². The monoisotopic (exact) mass is 210 g/mol. The summed E-state index contributed by atoms with van der Waals surface area (Å²) >= 11 is 0. The Hall–Kier alpha value is -1.85. The third-order valence-electron chi connectivity index (χ3n) is 1.84. The Kier molecular flexibility index (Phi) is 3.84. The zero-order valence-electron chi connectivity index (χ0n) is 8.78. The highest BCUT2D eigenvalue weighted by Crippen LogP contribution is 2.10. The van der Waals surface area contributed by atoms with E-state index >= 15 is 0 Å². The lowest BCUT2D eigenvalue weighted by atomic mass is 10.3. The minimum absolute atomic E-state index is 0.209. The number of hydrogen-bond acceptors (Lipinski definition) is 6. The molecule has 0 atom stereocenters. The van der Waals surface area contributed by atoms with Crippen LogP contribution in [0.4, 0.5) is 11.8 Å². The third-order valence-corrected chi connectivity index (χ3v) is 1.84. The fourth-order valence-electron chi connectivity index (χ4n) is 1.02. The van der Waals surface area contributed by atoms with Crippen LogP contribution in [-0.2, 0) is 9.53 Å². The van der Waals surface area contributed by atoms with E-state index in [1.165, 1.54) is 7.11 Å². The van der Waals surface area contributed by atoms with Gasteiger partial charge >= 0.3 is 5.97 Å². The lowest BCUT2D eigenvalue weighted by Crippen LogP contribution is -2.12. The number of anilines is 2. The fraction of sp³-hybridized carbons (Fsp3) is 0.444. The van der Waals surface area contributed by atoms with E-state index in [-0.39, 0.29) is 11.9 Å². The predicted molar refractivity (Wildman–Crippen MR) is 56.3 cm³/mol. The molecule has 0 aromatic carbocycles. The van der Waals surface area contributed by atoms with Crippen molar-refractivity contribution >= 4 is 17.7 Å². The van der Waals surface area contributed by atoms with Gasteiger partial charge in [0.25, 0.3) is 0 Å². The van der Waals surface area contributed by atoms with Crippen LogP contribution in [0.15, 0.2) is 6.20 Å². The lowest BCUT2D eigenvalue weighted by Gasteiger charge is -2.07. The summed E-state index contributed by atoms with van der Waals surface area (Å²) in [6.07, 6.45) is 1.92. The van der Waals surface area contributed by atoms with Gasteiger partial charge in [-0.15, -0.1) is 0 Å². The van der Waals surface area contributed by atoms with E-state index in [9.17, 15) is 4.79 Å². The Morgan fingerprint density at radius 2 is 2.40 bits per heavy atom. The van der Waals surface area contributed by atoms with Gasteiger partial charge in [-0.1, -0.05) is 0 Å². The van der Waals surface area contributed by atoms with Crippen LogP contribution in [0.3, 0.4) is 0 Å². The number of nitrogens with two attached hydrogens (primary N) is 1. The van der Waals surface area contributed by atoms with E-state index < -0.39 is 0 Å². The minimum Gasteiger partial charge on any atom is -0.469 e. The lowest BCUT2D eigenvalue weighted by molar-refractivity contribution is -0.140. The number of nitrogen functional groups attached to an aromatic ring is 1. The summed E-state index contributed by atoms with van der Waals surface area (Å²) in [7, 11) is 1.36. The van der Waals surface area contributed by atoms with E-state index in [0.717, 1.165) is 5.56 Å². The second-order valence-electron chi connectivity index (χ2n) is 3.01. The average molecular weight is 210 g/mol. The summed E-state index contributed by atoms with van der Waals surface area (Å²) < 4.78 is 4.51. The maximum atomic E-state index is 10.8. The first-order valence-corrected chi connectivity index (χ1v) is 4.53. The number of ether oxygens (including phenoxy) is 1. The molecule has 0 fully saturated rings. The molecule has 0 aliphatic rings. The number of aryl methyl sites for hydroxylation is 1. The van der Waals surface area contributed by atoms with Gasteiger partial charge in [-0.2, -0.15) is 4.98 Å². The largest absolute Gasteiger partial charge is 0.469 e. The van der Waals surface area contributed by atoms with Crippen molar-refractivity contribution in [3.05, 3.63) is 11.8 Å². The molecule has 1 rings (SSSR count). The average Bonchev–Trinajstić information content (AvgIpc) is 2.23. The molecular formula is C9H14N4O2.